The third-order valence-electron chi connectivity index (χ3n) is 3.39. The molecular weight excluding hydrogens is 228 g/mol. The van der Waals surface area contributed by atoms with Crippen molar-refractivity contribution in [2.45, 2.75) is 26.8 Å². The number of hydrazine groups is 1. The number of nitrogen functional groups attached to an aromatic ring is 1. The summed E-state index contributed by atoms with van der Waals surface area (Å²) < 4.78 is 1.96. The molecule has 1 aliphatic heterocycles. The van der Waals surface area contributed by atoms with Crippen molar-refractivity contribution in [2.75, 3.05) is 44.4 Å². The maximum absolute atomic E-state index is 6.10. The lowest BCUT2D eigenvalue weighted by Crippen LogP contribution is -2.47. The molecule has 0 spiro atoms. The highest BCUT2D eigenvalue weighted by Crippen LogP contribution is 2.26. The van der Waals surface area contributed by atoms with Gasteiger partial charge in [0, 0.05) is 32.2 Å². The second kappa shape index (κ2) is 5.16. The standard InChI is InChI=1S/C12H24N6/c1-9(2)18-12(11(13)10(3)14-18)15-17-7-5-16(4)6-8-17/h9,15H,5-8,13H2,1-4H3. The lowest BCUT2D eigenvalue weighted by molar-refractivity contribution is 0.177. The van der Waals surface area contributed by atoms with Gasteiger partial charge >= 0.3 is 0 Å². The largest absolute Gasteiger partial charge is 0.394 e. The van der Waals surface area contributed by atoms with Crippen LogP contribution >= 0.6 is 0 Å². The molecule has 2 rings (SSSR count). The van der Waals surface area contributed by atoms with Crippen LogP contribution in [0, 0.1) is 6.92 Å². The lowest BCUT2D eigenvalue weighted by atomic mass is 10.3. The van der Waals surface area contributed by atoms with E-state index in [0.29, 0.717) is 6.04 Å². The number of piperazine rings is 1. The summed E-state index contributed by atoms with van der Waals surface area (Å²) in [5.74, 6) is 0.923. The Morgan fingerprint density at radius 2 is 1.83 bits per heavy atom. The summed E-state index contributed by atoms with van der Waals surface area (Å²) >= 11 is 0. The van der Waals surface area contributed by atoms with Crippen molar-refractivity contribution in [3.05, 3.63) is 5.69 Å². The Morgan fingerprint density at radius 1 is 1.22 bits per heavy atom. The molecule has 0 aliphatic carbocycles. The average molecular weight is 252 g/mol. The van der Waals surface area contributed by atoms with Crippen LogP contribution in [0.4, 0.5) is 11.5 Å². The van der Waals surface area contributed by atoms with Gasteiger partial charge in [0.2, 0.25) is 0 Å². The zero-order valence-electron chi connectivity index (χ0n) is 11.8. The highest BCUT2D eigenvalue weighted by molar-refractivity contribution is 5.64. The van der Waals surface area contributed by atoms with Crippen molar-refractivity contribution in [2.24, 2.45) is 0 Å². The second-order valence-corrected chi connectivity index (χ2v) is 5.29. The van der Waals surface area contributed by atoms with E-state index in [9.17, 15) is 0 Å². The first kappa shape index (κ1) is 13.2. The van der Waals surface area contributed by atoms with Crippen LogP contribution in [0.25, 0.3) is 0 Å². The van der Waals surface area contributed by atoms with Crippen LogP contribution < -0.4 is 11.2 Å². The molecule has 3 N–H and O–H groups in total. The van der Waals surface area contributed by atoms with Crippen molar-refractivity contribution < 1.29 is 0 Å². The van der Waals surface area contributed by atoms with Gasteiger partial charge in [-0.15, -0.1) is 0 Å². The number of nitrogens with two attached hydrogens (primary N) is 1. The molecule has 1 saturated heterocycles. The predicted octanol–water partition coefficient (Wildman–Crippen LogP) is 0.929. The monoisotopic (exact) mass is 252 g/mol. The van der Waals surface area contributed by atoms with E-state index in [1.807, 2.05) is 11.6 Å². The van der Waals surface area contributed by atoms with Gasteiger partial charge < -0.3 is 16.1 Å². The summed E-state index contributed by atoms with van der Waals surface area (Å²) in [6, 6.07) is 0.302. The second-order valence-electron chi connectivity index (χ2n) is 5.29. The van der Waals surface area contributed by atoms with Gasteiger partial charge in [-0.1, -0.05) is 0 Å². The van der Waals surface area contributed by atoms with Gasteiger partial charge in [-0.25, -0.2) is 9.69 Å². The molecule has 102 valence electrons. The number of hydrogen-bond donors (Lipinski definition) is 2. The average Bonchev–Trinajstić information content (AvgIpc) is 2.60. The molecule has 1 aliphatic rings. The van der Waals surface area contributed by atoms with Crippen LogP contribution in [0.15, 0.2) is 0 Å². The number of nitrogens with one attached hydrogen (secondary N) is 1. The first-order valence-electron chi connectivity index (χ1n) is 6.53. The van der Waals surface area contributed by atoms with Crippen molar-refractivity contribution in [3.8, 4) is 0 Å². The highest BCUT2D eigenvalue weighted by atomic mass is 15.6. The number of anilines is 2. The van der Waals surface area contributed by atoms with Crippen molar-refractivity contribution in [1.29, 1.82) is 0 Å². The Bertz CT molecular complexity index is 403. The Morgan fingerprint density at radius 3 is 2.39 bits per heavy atom. The molecule has 18 heavy (non-hydrogen) atoms. The summed E-state index contributed by atoms with van der Waals surface area (Å²) in [7, 11) is 2.15. The Hall–Kier alpha value is -1.27. The first-order valence-corrected chi connectivity index (χ1v) is 6.53. The molecule has 1 fully saturated rings. The van der Waals surface area contributed by atoms with Crippen LogP contribution in [0.3, 0.4) is 0 Å². The quantitative estimate of drug-likeness (QED) is 0.838. The maximum atomic E-state index is 6.10. The number of aryl methyl sites for hydroxylation is 1. The van der Waals surface area contributed by atoms with E-state index in [1.54, 1.807) is 0 Å². The third kappa shape index (κ3) is 2.59. The van der Waals surface area contributed by atoms with E-state index in [1.165, 1.54) is 0 Å². The summed E-state index contributed by atoms with van der Waals surface area (Å²) in [6.45, 7) is 10.3. The van der Waals surface area contributed by atoms with Crippen LogP contribution in [0.1, 0.15) is 25.6 Å². The zero-order chi connectivity index (χ0) is 13.3. The SMILES string of the molecule is Cc1nn(C(C)C)c(NN2CCN(C)CC2)c1N. The molecule has 0 aromatic carbocycles. The number of rotatable bonds is 3. The third-order valence-corrected chi connectivity index (χ3v) is 3.39. The smallest absolute Gasteiger partial charge is 0.162 e. The molecule has 6 nitrogen and oxygen atoms in total. The number of hydrogen-bond acceptors (Lipinski definition) is 5. The van der Waals surface area contributed by atoms with E-state index in [2.05, 4.69) is 41.3 Å². The molecule has 6 heteroatoms. The first-order chi connectivity index (χ1) is 8.49. The molecule has 0 atom stereocenters. The normalized spacial score (nSPS) is 18.5. The minimum absolute atomic E-state index is 0.302. The van der Waals surface area contributed by atoms with Crippen molar-refractivity contribution >= 4 is 11.5 Å². The van der Waals surface area contributed by atoms with Gasteiger partial charge in [0.15, 0.2) is 5.82 Å². The minimum Gasteiger partial charge on any atom is -0.394 e. The maximum Gasteiger partial charge on any atom is 0.162 e. The van der Waals surface area contributed by atoms with Crippen LogP contribution in [-0.2, 0) is 0 Å². The summed E-state index contributed by atoms with van der Waals surface area (Å²) in [4.78, 5) is 2.33. The van der Waals surface area contributed by atoms with Gasteiger partial charge in [0.1, 0.15) is 0 Å². The van der Waals surface area contributed by atoms with E-state index in [4.69, 9.17) is 5.73 Å². The van der Waals surface area contributed by atoms with E-state index in [0.717, 1.165) is 43.4 Å². The van der Waals surface area contributed by atoms with Gasteiger partial charge in [-0.3, -0.25) is 0 Å². The van der Waals surface area contributed by atoms with Gasteiger partial charge in [0.05, 0.1) is 11.4 Å². The summed E-state index contributed by atoms with van der Waals surface area (Å²) in [6.07, 6.45) is 0. The number of likely N-dealkylation sites (N-methyl/N-ethyl adjacent to an activating group) is 1. The van der Waals surface area contributed by atoms with E-state index < -0.39 is 0 Å². The van der Waals surface area contributed by atoms with Gasteiger partial charge in [-0.2, -0.15) is 5.10 Å². The van der Waals surface area contributed by atoms with E-state index in [-0.39, 0.29) is 0 Å². The topological polar surface area (TPSA) is 62.4 Å². The molecule has 0 unspecified atom stereocenters. The zero-order valence-corrected chi connectivity index (χ0v) is 11.8. The molecule has 0 radical (unpaired) electrons. The van der Waals surface area contributed by atoms with Crippen LogP contribution in [0.2, 0.25) is 0 Å². The van der Waals surface area contributed by atoms with Crippen LogP contribution in [0.5, 0.6) is 0 Å². The molecule has 0 bridgehead atoms. The molecular formula is C12H24N6. The van der Waals surface area contributed by atoms with Crippen molar-refractivity contribution in [1.82, 2.24) is 19.7 Å². The molecule has 0 saturated carbocycles. The molecule has 2 heterocycles. The fourth-order valence-corrected chi connectivity index (χ4v) is 2.11. The van der Waals surface area contributed by atoms with Gasteiger partial charge in [-0.05, 0) is 27.8 Å². The number of nitrogens with zero attached hydrogens (tertiary/aromatic N) is 4. The fraction of sp³-hybridized carbons (Fsp3) is 0.750. The predicted molar refractivity (Wildman–Crippen MR) is 74.5 cm³/mol. The highest BCUT2D eigenvalue weighted by Gasteiger charge is 2.19. The molecule has 0 amide bonds. The Balaban J connectivity index is 2.13. The molecule has 1 aromatic rings. The van der Waals surface area contributed by atoms with E-state index >= 15 is 0 Å². The summed E-state index contributed by atoms with van der Waals surface area (Å²) in [5, 5.41) is 6.70. The summed E-state index contributed by atoms with van der Waals surface area (Å²) in [5.41, 5.74) is 11.2. The number of aromatic nitrogens is 2. The Kier molecular flexibility index (Phi) is 3.77. The molecule has 1 aromatic heterocycles. The van der Waals surface area contributed by atoms with Gasteiger partial charge in [0.25, 0.3) is 0 Å². The fourth-order valence-electron chi connectivity index (χ4n) is 2.11. The minimum atomic E-state index is 0.302. The Labute approximate surface area is 109 Å². The van der Waals surface area contributed by atoms with Crippen molar-refractivity contribution in [3.63, 3.8) is 0 Å². The lowest BCUT2D eigenvalue weighted by Gasteiger charge is -2.33. The van der Waals surface area contributed by atoms with Crippen LogP contribution in [-0.4, -0.2) is 52.9 Å².